The molecule has 0 N–H and O–H groups in total. The third-order valence-corrected chi connectivity index (χ3v) is 7.26. The fourth-order valence-electron chi connectivity index (χ4n) is 3.16. The van der Waals surface area contributed by atoms with E-state index in [-0.39, 0.29) is 6.09 Å². The molecular weight excluding hydrogens is 402 g/mol. The van der Waals surface area contributed by atoms with Crippen LogP contribution in [-0.4, -0.2) is 53.6 Å². The molecular formula is C22H29N3O2S2. The van der Waals surface area contributed by atoms with Gasteiger partial charge in [-0.2, -0.15) is 0 Å². The molecule has 0 radical (unpaired) electrons. The highest BCUT2D eigenvalue weighted by Gasteiger charge is 2.22. The lowest BCUT2D eigenvalue weighted by Gasteiger charge is -2.34. The molecule has 156 valence electrons. The monoisotopic (exact) mass is 431 g/mol. The van der Waals surface area contributed by atoms with Gasteiger partial charge in [0, 0.05) is 42.8 Å². The van der Waals surface area contributed by atoms with Crippen LogP contribution < -0.4 is 0 Å². The summed E-state index contributed by atoms with van der Waals surface area (Å²) in [6, 6.07) is 13.9. The summed E-state index contributed by atoms with van der Waals surface area (Å²) >= 11 is 0. The molecule has 1 aliphatic rings. The molecule has 1 fully saturated rings. The Morgan fingerprint density at radius 3 is 2.59 bits per heavy atom. The Hall–Kier alpha value is -1.70. The van der Waals surface area contributed by atoms with E-state index >= 15 is 0 Å². The molecule has 1 aromatic heterocycles. The van der Waals surface area contributed by atoms with Crippen molar-refractivity contribution in [2.45, 2.75) is 42.7 Å². The summed E-state index contributed by atoms with van der Waals surface area (Å²) in [6.45, 7) is 7.02. The van der Waals surface area contributed by atoms with Crippen LogP contribution in [0.4, 0.5) is 4.79 Å². The Morgan fingerprint density at radius 1 is 1.03 bits per heavy atom. The first-order valence-electron chi connectivity index (χ1n) is 10.2. The highest BCUT2D eigenvalue weighted by molar-refractivity contribution is 8.76. The van der Waals surface area contributed by atoms with E-state index in [0.717, 1.165) is 48.2 Å². The van der Waals surface area contributed by atoms with E-state index in [1.54, 1.807) is 27.8 Å². The van der Waals surface area contributed by atoms with Crippen LogP contribution in [0.3, 0.4) is 0 Å². The van der Waals surface area contributed by atoms with Gasteiger partial charge in [-0.15, -0.1) is 0 Å². The van der Waals surface area contributed by atoms with Crippen LogP contribution in [0.5, 0.6) is 0 Å². The minimum atomic E-state index is -0.213. The van der Waals surface area contributed by atoms with Crippen LogP contribution in [0.2, 0.25) is 0 Å². The Labute approximate surface area is 181 Å². The Balaban J connectivity index is 1.44. The van der Waals surface area contributed by atoms with Gasteiger partial charge in [0.2, 0.25) is 0 Å². The van der Waals surface area contributed by atoms with Crippen molar-refractivity contribution < 1.29 is 9.53 Å². The molecule has 0 saturated carbocycles. The fourth-order valence-corrected chi connectivity index (χ4v) is 5.25. The van der Waals surface area contributed by atoms with Crippen molar-refractivity contribution in [2.75, 3.05) is 32.7 Å². The molecule has 1 amide bonds. The SMILES string of the molecule is CCCCCN1CCN(C(=O)OCc2ccccc2SSc2ccccn2)CC1. The minimum absolute atomic E-state index is 0.213. The molecule has 1 saturated heterocycles. The number of aromatic nitrogens is 1. The largest absolute Gasteiger partial charge is 0.444 e. The van der Waals surface area contributed by atoms with Crippen molar-refractivity contribution in [2.24, 2.45) is 0 Å². The molecule has 2 aromatic rings. The van der Waals surface area contributed by atoms with Gasteiger partial charge >= 0.3 is 6.09 Å². The summed E-state index contributed by atoms with van der Waals surface area (Å²) in [6.07, 6.45) is 5.34. The highest BCUT2D eigenvalue weighted by Crippen LogP contribution is 2.38. The molecule has 0 bridgehead atoms. The van der Waals surface area contributed by atoms with Crippen LogP contribution in [0.25, 0.3) is 0 Å². The zero-order valence-electron chi connectivity index (χ0n) is 17.0. The molecule has 1 aliphatic heterocycles. The van der Waals surface area contributed by atoms with E-state index in [0.29, 0.717) is 6.61 Å². The molecule has 7 heteroatoms. The van der Waals surface area contributed by atoms with Crippen molar-refractivity contribution in [3.05, 3.63) is 54.2 Å². The van der Waals surface area contributed by atoms with Crippen molar-refractivity contribution >= 4 is 27.7 Å². The number of hydrogen-bond donors (Lipinski definition) is 0. The number of carbonyl (C=O) groups excluding carboxylic acids is 1. The minimum Gasteiger partial charge on any atom is -0.444 e. The van der Waals surface area contributed by atoms with Gasteiger partial charge in [-0.3, -0.25) is 4.90 Å². The van der Waals surface area contributed by atoms with Crippen LogP contribution in [-0.2, 0) is 11.3 Å². The summed E-state index contributed by atoms with van der Waals surface area (Å²) in [5.74, 6) is 0. The molecule has 0 spiro atoms. The van der Waals surface area contributed by atoms with Gasteiger partial charge < -0.3 is 9.64 Å². The Bertz CT molecular complexity index is 753. The number of nitrogens with zero attached hydrogens (tertiary/aromatic N) is 3. The number of benzene rings is 1. The van der Waals surface area contributed by atoms with E-state index in [2.05, 4.69) is 22.9 Å². The third-order valence-electron chi connectivity index (χ3n) is 4.89. The molecule has 0 aliphatic carbocycles. The average molecular weight is 432 g/mol. The van der Waals surface area contributed by atoms with E-state index < -0.39 is 0 Å². The van der Waals surface area contributed by atoms with Gasteiger partial charge in [-0.25, -0.2) is 9.78 Å². The summed E-state index contributed by atoms with van der Waals surface area (Å²) < 4.78 is 5.62. The topological polar surface area (TPSA) is 45.7 Å². The molecule has 2 heterocycles. The first-order chi connectivity index (χ1) is 14.3. The second-order valence-electron chi connectivity index (χ2n) is 7.03. The van der Waals surface area contributed by atoms with Gasteiger partial charge in [0.1, 0.15) is 11.6 Å². The first-order valence-corrected chi connectivity index (χ1v) is 12.4. The maximum absolute atomic E-state index is 12.5. The maximum atomic E-state index is 12.5. The van der Waals surface area contributed by atoms with Crippen LogP contribution in [0.1, 0.15) is 31.7 Å². The van der Waals surface area contributed by atoms with Crippen LogP contribution in [0.15, 0.2) is 58.6 Å². The smallest absolute Gasteiger partial charge is 0.410 e. The number of pyridine rings is 1. The van der Waals surface area contributed by atoms with Gasteiger partial charge in [-0.05, 0) is 42.0 Å². The first kappa shape index (κ1) is 22.0. The number of carbonyl (C=O) groups is 1. The predicted molar refractivity (Wildman–Crippen MR) is 120 cm³/mol. The molecule has 3 rings (SSSR count). The summed E-state index contributed by atoms with van der Waals surface area (Å²) in [4.78, 5) is 22.2. The summed E-state index contributed by atoms with van der Waals surface area (Å²) in [7, 11) is 3.25. The van der Waals surface area contributed by atoms with E-state index in [1.165, 1.54) is 19.3 Å². The molecule has 0 unspecified atom stereocenters. The Morgan fingerprint density at radius 2 is 1.83 bits per heavy atom. The van der Waals surface area contributed by atoms with E-state index in [1.807, 2.05) is 41.3 Å². The van der Waals surface area contributed by atoms with Gasteiger partial charge in [0.05, 0.1) is 0 Å². The van der Waals surface area contributed by atoms with Gasteiger partial charge in [-0.1, -0.05) is 54.8 Å². The summed E-state index contributed by atoms with van der Waals surface area (Å²) in [5, 5.41) is 0.959. The van der Waals surface area contributed by atoms with Crippen LogP contribution >= 0.6 is 21.6 Å². The molecule has 5 nitrogen and oxygen atoms in total. The molecule has 0 atom stereocenters. The second-order valence-corrected chi connectivity index (χ2v) is 9.22. The second kappa shape index (κ2) is 12.1. The number of amides is 1. The van der Waals surface area contributed by atoms with Crippen molar-refractivity contribution in [1.29, 1.82) is 0 Å². The zero-order chi connectivity index (χ0) is 20.3. The van der Waals surface area contributed by atoms with Crippen LogP contribution in [0, 0.1) is 0 Å². The normalized spacial score (nSPS) is 14.7. The lowest BCUT2D eigenvalue weighted by Crippen LogP contribution is -2.48. The van der Waals surface area contributed by atoms with Crippen molar-refractivity contribution in [1.82, 2.24) is 14.8 Å². The molecule has 1 aromatic carbocycles. The number of ether oxygens (including phenoxy) is 1. The van der Waals surface area contributed by atoms with E-state index in [9.17, 15) is 4.79 Å². The standard InChI is InChI=1S/C22H29N3O2S2/c1-2-3-8-13-24-14-16-25(17-15-24)22(26)27-18-19-9-4-5-10-20(19)28-29-21-11-6-7-12-23-21/h4-7,9-12H,2-3,8,13-18H2,1H3. The highest BCUT2D eigenvalue weighted by atomic mass is 33.1. The number of piperazine rings is 1. The fraction of sp³-hybridized carbons (Fsp3) is 0.455. The lowest BCUT2D eigenvalue weighted by molar-refractivity contribution is 0.0708. The number of unbranched alkanes of at least 4 members (excludes halogenated alkanes) is 2. The van der Waals surface area contributed by atoms with Crippen molar-refractivity contribution in [3.8, 4) is 0 Å². The Kier molecular flexibility index (Phi) is 9.18. The summed E-state index contributed by atoms with van der Waals surface area (Å²) in [5.41, 5.74) is 1.02. The quantitative estimate of drug-likeness (QED) is 0.395. The lowest BCUT2D eigenvalue weighted by atomic mass is 10.2. The zero-order valence-corrected chi connectivity index (χ0v) is 18.6. The number of rotatable bonds is 9. The van der Waals surface area contributed by atoms with Gasteiger partial charge in [0.15, 0.2) is 0 Å². The van der Waals surface area contributed by atoms with Gasteiger partial charge in [0.25, 0.3) is 0 Å². The maximum Gasteiger partial charge on any atom is 0.410 e. The third kappa shape index (κ3) is 7.24. The average Bonchev–Trinajstić information content (AvgIpc) is 2.78. The predicted octanol–water partition coefficient (Wildman–Crippen LogP) is 5.33. The van der Waals surface area contributed by atoms with Crippen molar-refractivity contribution in [3.63, 3.8) is 0 Å². The van der Waals surface area contributed by atoms with E-state index in [4.69, 9.17) is 4.74 Å². The number of hydrogen-bond acceptors (Lipinski definition) is 6. The molecule has 29 heavy (non-hydrogen) atoms.